The monoisotopic (exact) mass is 436 g/mol. The summed E-state index contributed by atoms with van der Waals surface area (Å²) < 4.78 is 28.2. The second-order valence-electron chi connectivity index (χ2n) is 6.67. The first-order valence-electron chi connectivity index (χ1n) is 8.30. The number of nitrogens with zero attached hydrogens (tertiary/aromatic N) is 2. The third-order valence-electron chi connectivity index (χ3n) is 4.69. The Bertz CT molecular complexity index is 988. The first-order valence-corrected chi connectivity index (χ1v) is 10.5. The van der Waals surface area contributed by atoms with Crippen molar-refractivity contribution in [2.45, 2.75) is 38.1 Å². The van der Waals surface area contributed by atoms with Gasteiger partial charge in [-0.2, -0.15) is 0 Å². The number of amides is 1. The van der Waals surface area contributed by atoms with E-state index in [2.05, 4.69) is 15.9 Å². The predicted octanol–water partition coefficient (Wildman–Crippen LogP) is 3.88. The van der Waals surface area contributed by atoms with Gasteiger partial charge in [-0.05, 0) is 71.6 Å². The quantitative estimate of drug-likeness (QED) is 0.733. The highest BCUT2D eigenvalue weighted by Crippen LogP contribution is 2.39. The Labute approximate surface area is 162 Å². The van der Waals surface area contributed by atoms with Crippen LogP contribution in [0.1, 0.15) is 25.0 Å². The second-order valence-corrected chi connectivity index (χ2v) is 9.46. The zero-order valence-corrected chi connectivity index (χ0v) is 17.6. The van der Waals surface area contributed by atoms with Gasteiger partial charge in [-0.3, -0.25) is 9.10 Å². The molecule has 1 aliphatic heterocycles. The van der Waals surface area contributed by atoms with E-state index in [-0.39, 0.29) is 16.8 Å². The summed E-state index contributed by atoms with van der Waals surface area (Å²) in [5.74, 6) is -0.0889. The van der Waals surface area contributed by atoms with Crippen molar-refractivity contribution in [1.29, 1.82) is 0 Å². The number of aryl methyl sites for hydroxylation is 1. The minimum absolute atomic E-state index is 0.0156. The molecule has 0 bridgehead atoms. The van der Waals surface area contributed by atoms with Gasteiger partial charge in [0.1, 0.15) is 4.90 Å². The SMILES string of the molecule is CC(=O)N1c2cc(S(=O)(=O)N(C)c3cccc(C)c3)c(Br)cc2CC1C. The van der Waals surface area contributed by atoms with E-state index in [0.717, 1.165) is 11.1 Å². The maximum atomic E-state index is 13.2. The van der Waals surface area contributed by atoms with E-state index in [0.29, 0.717) is 22.3 Å². The van der Waals surface area contributed by atoms with Gasteiger partial charge in [-0.15, -0.1) is 0 Å². The fraction of sp³-hybridized carbons (Fsp3) is 0.316. The number of hydrogen-bond donors (Lipinski definition) is 0. The summed E-state index contributed by atoms with van der Waals surface area (Å²) in [6.07, 6.45) is 0.710. The van der Waals surface area contributed by atoms with Crippen molar-refractivity contribution < 1.29 is 13.2 Å². The number of halogens is 1. The number of hydrogen-bond acceptors (Lipinski definition) is 3. The van der Waals surface area contributed by atoms with Crippen molar-refractivity contribution in [2.75, 3.05) is 16.3 Å². The lowest BCUT2D eigenvalue weighted by Crippen LogP contribution is -2.33. The topological polar surface area (TPSA) is 57.7 Å². The molecule has 3 rings (SSSR count). The molecule has 2 aromatic carbocycles. The van der Waals surface area contributed by atoms with Gasteiger partial charge in [0, 0.05) is 30.2 Å². The zero-order chi connectivity index (χ0) is 19.2. The molecule has 138 valence electrons. The van der Waals surface area contributed by atoms with Crippen LogP contribution in [0.5, 0.6) is 0 Å². The van der Waals surface area contributed by atoms with Crippen molar-refractivity contribution in [2.24, 2.45) is 0 Å². The highest BCUT2D eigenvalue weighted by atomic mass is 79.9. The Hall–Kier alpha value is -1.86. The van der Waals surface area contributed by atoms with Gasteiger partial charge in [0.05, 0.1) is 5.69 Å². The second kappa shape index (κ2) is 6.70. The maximum absolute atomic E-state index is 13.2. The number of rotatable bonds is 3. The number of carbonyl (C=O) groups excluding carboxylic acids is 1. The van der Waals surface area contributed by atoms with Crippen LogP contribution in [0.3, 0.4) is 0 Å². The third-order valence-corrected chi connectivity index (χ3v) is 7.44. The first kappa shape index (κ1) is 18.9. The van der Waals surface area contributed by atoms with E-state index in [1.807, 2.05) is 38.1 Å². The molecule has 7 heteroatoms. The third kappa shape index (κ3) is 3.14. The average Bonchev–Trinajstić information content (AvgIpc) is 2.88. The molecule has 0 radical (unpaired) electrons. The van der Waals surface area contributed by atoms with Crippen molar-refractivity contribution in [1.82, 2.24) is 0 Å². The first-order chi connectivity index (χ1) is 12.1. The molecule has 2 aromatic rings. The van der Waals surface area contributed by atoms with Gasteiger partial charge in [0.25, 0.3) is 10.0 Å². The van der Waals surface area contributed by atoms with Crippen LogP contribution in [0.4, 0.5) is 11.4 Å². The van der Waals surface area contributed by atoms with E-state index < -0.39 is 10.0 Å². The van der Waals surface area contributed by atoms with Gasteiger partial charge in [-0.25, -0.2) is 8.42 Å². The minimum Gasteiger partial charge on any atom is -0.309 e. The number of anilines is 2. The number of benzene rings is 2. The molecule has 5 nitrogen and oxygen atoms in total. The van der Waals surface area contributed by atoms with Crippen LogP contribution in [0.25, 0.3) is 0 Å². The van der Waals surface area contributed by atoms with Crippen LogP contribution < -0.4 is 9.21 Å². The van der Waals surface area contributed by atoms with E-state index in [9.17, 15) is 13.2 Å². The van der Waals surface area contributed by atoms with Crippen LogP contribution in [-0.2, 0) is 21.2 Å². The summed E-state index contributed by atoms with van der Waals surface area (Å²) in [4.78, 5) is 13.8. The number of fused-ring (bicyclic) bond motifs is 1. The molecular weight excluding hydrogens is 416 g/mol. The van der Waals surface area contributed by atoms with Crippen molar-refractivity contribution in [3.63, 3.8) is 0 Å². The smallest absolute Gasteiger partial charge is 0.265 e. The standard InChI is InChI=1S/C19H21BrN2O3S/c1-12-6-5-7-16(8-12)21(4)26(24,25)19-11-18-15(10-17(19)20)9-13(2)22(18)14(3)23/h5-8,10-11,13H,9H2,1-4H3. The lowest BCUT2D eigenvalue weighted by Gasteiger charge is -2.23. The van der Waals surface area contributed by atoms with E-state index in [4.69, 9.17) is 0 Å². The average molecular weight is 437 g/mol. The highest BCUT2D eigenvalue weighted by molar-refractivity contribution is 9.10. The summed E-state index contributed by atoms with van der Waals surface area (Å²) in [5, 5.41) is 0. The largest absolute Gasteiger partial charge is 0.309 e. The van der Waals surface area contributed by atoms with Gasteiger partial charge in [0.2, 0.25) is 5.91 Å². The van der Waals surface area contributed by atoms with Crippen molar-refractivity contribution in [3.05, 3.63) is 52.0 Å². The normalized spacial score (nSPS) is 16.5. The van der Waals surface area contributed by atoms with E-state index >= 15 is 0 Å². The van der Waals surface area contributed by atoms with Crippen molar-refractivity contribution >= 4 is 43.2 Å². The molecule has 1 amide bonds. The van der Waals surface area contributed by atoms with Gasteiger partial charge < -0.3 is 4.90 Å². The molecule has 0 aromatic heterocycles. The predicted molar refractivity (Wildman–Crippen MR) is 107 cm³/mol. The van der Waals surface area contributed by atoms with Gasteiger partial charge >= 0.3 is 0 Å². The molecule has 0 N–H and O–H groups in total. The molecule has 1 atom stereocenters. The Kier molecular flexibility index (Phi) is 4.88. The Balaban J connectivity index is 2.11. The molecule has 0 fully saturated rings. The van der Waals surface area contributed by atoms with Crippen LogP contribution in [0, 0.1) is 6.92 Å². The van der Waals surface area contributed by atoms with Crippen LogP contribution in [0.15, 0.2) is 45.8 Å². The Morgan fingerprint density at radius 3 is 2.58 bits per heavy atom. The molecule has 1 heterocycles. The number of carbonyl (C=O) groups is 1. The summed E-state index contributed by atoms with van der Waals surface area (Å²) in [7, 11) is -2.24. The maximum Gasteiger partial charge on any atom is 0.265 e. The molecule has 0 aliphatic carbocycles. The van der Waals surface area contributed by atoms with E-state index in [1.165, 1.54) is 18.3 Å². The van der Waals surface area contributed by atoms with Crippen LogP contribution in [0.2, 0.25) is 0 Å². The van der Waals surface area contributed by atoms with Gasteiger partial charge in [-0.1, -0.05) is 12.1 Å². The molecule has 26 heavy (non-hydrogen) atoms. The van der Waals surface area contributed by atoms with Crippen LogP contribution in [-0.4, -0.2) is 27.4 Å². The lowest BCUT2D eigenvalue weighted by molar-refractivity contribution is -0.116. The highest BCUT2D eigenvalue weighted by Gasteiger charge is 2.33. The summed E-state index contributed by atoms with van der Waals surface area (Å²) in [6.45, 7) is 5.38. The Morgan fingerprint density at radius 1 is 1.27 bits per heavy atom. The molecule has 1 unspecified atom stereocenters. The minimum atomic E-state index is -3.78. The molecular formula is C19H21BrN2O3S. The molecule has 0 saturated carbocycles. The summed E-state index contributed by atoms with van der Waals surface area (Å²) in [5.41, 5.74) is 3.21. The zero-order valence-electron chi connectivity index (χ0n) is 15.2. The summed E-state index contributed by atoms with van der Waals surface area (Å²) in [6, 6.07) is 10.8. The fourth-order valence-electron chi connectivity index (χ4n) is 3.41. The van der Waals surface area contributed by atoms with Crippen molar-refractivity contribution in [3.8, 4) is 0 Å². The Morgan fingerprint density at radius 2 is 1.96 bits per heavy atom. The summed E-state index contributed by atoms with van der Waals surface area (Å²) >= 11 is 3.41. The molecule has 1 aliphatic rings. The lowest BCUT2D eigenvalue weighted by atomic mass is 10.1. The molecule has 0 saturated heterocycles. The number of sulfonamides is 1. The molecule has 0 spiro atoms. The van der Waals surface area contributed by atoms with Crippen LogP contribution >= 0.6 is 15.9 Å². The van der Waals surface area contributed by atoms with E-state index in [1.54, 1.807) is 17.0 Å². The fourth-order valence-corrected chi connectivity index (χ4v) is 5.66. The van der Waals surface area contributed by atoms with Gasteiger partial charge in [0.15, 0.2) is 0 Å².